The Labute approximate surface area is 124 Å². The summed E-state index contributed by atoms with van der Waals surface area (Å²) in [5, 5.41) is 12.0. The minimum atomic E-state index is -0.727. The van der Waals surface area contributed by atoms with E-state index in [-0.39, 0.29) is 5.91 Å². The van der Waals surface area contributed by atoms with Gasteiger partial charge in [-0.3, -0.25) is 9.78 Å². The van der Waals surface area contributed by atoms with E-state index in [0.717, 1.165) is 22.4 Å². The quantitative estimate of drug-likeness (QED) is 0.935. The molecule has 21 heavy (non-hydrogen) atoms. The zero-order valence-corrected chi connectivity index (χ0v) is 12.1. The second-order valence-corrected chi connectivity index (χ2v) is 5.05. The number of carbonyl (C=O) groups is 1. The van der Waals surface area contributed by atoms with Crippen molar-refractivity contribution >= 4 is 11.6 Å². The van der Waals surface area contributed by atoms with Crippen LogP contribution in [0.1, 0.15) is 16.7 Å². The molecule has 0 saturated carbocycles. The predicted molar refractivity (Wildman–Crippen MR) is 81.6 cm³/mol. The lowest BCUT2D eigenvalue weighted by atomic mass is 10.0. The van der Waals surface area contributed by atoms with Gasteiger partial charge in [0.15, 0.2) is 0 Å². The molecule has 0 bridgehead atoms. The molecule has 0 aliphatic rings. The molecule has 0 spiro atoms. The molecule has 2 aromatic rings. The predicted octanol–water partition coefficient (Wildman–Crippen LogP) is 3.02. The number of hydrogen-bond acceptors (Lipinski definition) is 3. The van der Waals surface area contributed by atoms with Crippen LogP contribution in [0.25, 0.3) is 0 Å². The number of aromatic nitrogens is 1. The second kappa shape index (κ2) is 6.67. The summed E-state index contributed by atoms with van der Waals surface area (Å²) in [6, 6.07) is 11.5. The van der Waals surface area contributed by atoms with Crippen molar-refractivity contribution in [2.45, 2.75) is 20.3 Å². The highest BCUT2D eigenvalue weighted by Crippen LogP contribution is 2.18. The van der Waals surface area contributed by atoms with Crippen LogP contribution in [-0.2, 0) is 11.2 Å². The van der Waals surface area contributed by atoms with Crippen LogP contribution in [0.5, 0.6) is 0 Å². The fourth-order valence-corrected chi connectivity index (χ4v) is 2.13. The van der Waals surface area contributed by atoms with Crippen molar-refractivity contribution in [2.75, 3.05) is 5.32 Å². The lowest BCUT2D eigenvalue weighted by Crippen LogP contribution is -2.23. The Morgan fingerprint density at radius 3 is 2.81 bits per heavy atom. The molecule has 1 aromatic carbocycles. The van der Waals surface area contributed by atoms with Gasteiger partial charge in [-0.15, -0.1) is 0 Å². The van der Waals surface area contributed by atoms with E-state index in [1.807, 2.05) is 38.1 Å². The van der Waals surface area contributed by atoms with Crippen LogP contribution in [0, 0.1) is 31.1 Å². The SMILES string of the molecule is Cc1ccc(NC(=O)[C@@H](C#N)Cc2cccnc2)c(C)c1. The number of anilines is 1. The molecule has 0 aliphatic heterocycles. The molecule has 0 saturated heterocycles. The number of pyridine rings is 1. The van der Waals surface area contributed by atoms with E-state index in [1.165, 1.54) is 0 Å². The molecule has 106 valence electrons. The molecule has 4 heteroatoms. The van der Waals surface area contributed by atoms with E-state index in [4.69, 9.17) is 0 Å². The van der Waals surface area contributed by atoms with Crippen LogP contribution in [0.4, 0.5) is 5.69 Å². The molecule has 0 fully saturated rings. The standard InChI is InChI=1S/C17H17N3O/c1-12-5-6-16(13(2)8-12)20-17(21)15(10-18)9-14-4-3-7-19-11-14/h3-8,11,15H,9H2,1-2H3,(H,20,21)/t15-/m1/s1. The highest BCUT2D eigenvalue weighted by molar-refractivity contribution is 5.94. The zero-order chi connectivity index (χ0) is 15.2. The largest absolute Gasteiger partial charge is 0.325 e. The summed E-state index contributed by atoms with van der Waals surface area (Å²) in [6.07, 6.45) is 3.70. The maximum absolute atomic E-state index is 12.2. The fourth-order valence-electron chi connectivity index (χ4n) is 2.13. The topological polar surface area (TPSA) is 65.8 Å². The van der Waals surface area contributed by atoms with Crippen molar-refractivity contribution in [3.05, 3.63) is 59.4 Å². The molecule has 4 nitrogen and oxygen atoms in total. The lowest BCUT2D eigenvalue weighted by Gasteiger charge is -2.12. The Balaban J connectivity index is 2.09. The maximum Gasteiger partial charge on any atom is 0.242 e. The summed E-state index contributed by atoms with van der Waals surface area (Å²) in [4.78, 5) is 16.2. The number of carbonyl (C=O) groups excluding carboxylic acids is 1. The van der Waals surface area contributed by atoms with Gasteiger partial charge in [-0.2, -0.15) is 5.26 Å². The molecule has 1 heterocycles. The van der Waals surface area contributed by atoms with Gasteiger partial charge < -0.3 is 5.32 Å². The first-order valence-electron chi connectivity index (χ1n) is 6.77. The van der Waals surface area contributed by atoms with Crippen LogP contribution >= 0.6 is 0 Å². The Morgan fingerprint density at radius 1 is 1.38 bits per heavy atom. The number of rotatable bonds is 4. The first kappa shape index (κ1) is 14.7. The number of nitrogens with one attached hydrogen (secondary N) is 1. The van der Waals surface area contributed by atoms with Gasteiger partial charge in [0, 0.05) is 18.1 Å². The summed E-state index contributed by atoms with van der Waals surface area (Å²) in [5.41, 5.74) is 3.75. The first-order chi connectivity index (χ1) is 10.1. The molecule has 1 aromatic heterocycles. The van der Waals surface area contributed by atoms with Gasteiger partial charge in [-0.1, -0.05) is 23.8 Å². The number of aryl methyl sites for hydroxylation is 2. The smallest absolute Gasteiger partial charge is 0.242 e. The molecule has 0 radical (unpaired) electrons. The fraction of sp³-hybridized carbons (Fsp3) is 0.235. The summed E-state index contributed by atoms with van der Waals surface area (Å²) < 4.78 is 0. The van der Waals surface area contributed by atoms with Crippen molar-refractivity contribution in [1.29, 1.82) is 5.26 Å². The monoisotopic (exact) mass is 279 g/mol. The summed E-state index contributed by atoms with van der Waals surface area (Å²) in [5.74, 6) is -1.01. The third-order valence-electron chi connectivity index (χ3n) is 3.27. The van der Waals surface area contributed by atoms with Crippen LogP contribution in [0.2, 0.25) is 0 Å². The molecular formula is C17H17N3O. The Kier molecular flexibility index (Phi) is 4.68. The number of nitrogens with zero attached hydrogens (tertiary/aromatic N) is 2. The van der Waals surface area contributed by atoms with Gasteiger partial charge in [0.1, 0.15) is 5.92 Å². The molecule has 1 atom stereocenters. The highest BCUT2D eigenvalue weighted by atomic mass is 16.1. The van der Waals surface area contributed by atoms with E-state index in [0.29, 0.717) is 6.42 Å². The number of benzene rings is 1. The van der Waals surface area contributed by atoms with Gasteiger partial charge in [-0.25, -0.2) is 0 Å². The van der Waals surface area contributed by atoms with Crippen LogP contribution in [0.3, 0.4) is 0 Å². The average molecular weight is 279 g/mol. The molecule has 2 rings (SSSR count). The maximum atomic E-state index is 12.2. The Hall–Kier alpha value is -2.67. The summed E-state index contributed by atoms with van der Waals surface area (Å²) in [7, 11) is 0. The van der Waals surface area contributed by atoms with Crippen LogP contribution in [0.15, 0.2) is 42.7 Å². The molecular weight excluding hydrogens is 262 g/mol. The van der Waals surface area contributed by atoms with Crippen LogP contribution in [-0.4, -0.2) is 10.9 Å². The van der Waals surface area contributed by atoms with Crippen molar-refractivity contribution in [3.8, 4) is 6.07 Å². The molecule has 0 aliphatic carbocycles. The average Bonchev–Trinajstić information content (AvgIpc) is 2.48. The normalized spacial score (nSPS) is 11.5. The van der Waals surface area contributed by atoms with Crippen molar-refractivity contribution < 1.29 is 4.79 Å². The zero-order valence-electron chi connectivity index (χ0n) is 12.1. The van der Waals surface area contributed by atoms with E-state index < -0.39 is 5.92 Å². The van der Waals surface area contributed by atoms with Gasteiger partial charge in [-0.05, 0) is 43.5 Å². The van der Waals surface area contributed by atoms with Crippen molar-refractivity contribution in [1.82, 2.24) is 4.98 Å². The highest BCUT2D eigenvalue weighted by Gasteiger charge is 2.19. The van der Waals surface area contributed by atoms with E-state index in [1.54, 1.807) is 18.5 Å². The summed E-state index contributed by atoms with van der Waals surface area (Å²) in [6.45, 7) is 3.93. The van der Waals surface area contributed by atoms with E-state index >= 15 is 0 Å². The number of hydrogen-bond donors (Lipinski definition) is 1. The van der Waals surface area contributed by atoms with Gasteiger partial charge in [0.05, 0.1) is 6.07 Å². The Morgan fingerprint density at radius 2 is 2.19 bits per heavy atom. The summed E-state index contributed by atoms with van der Waals surface area (Å²) >= 11 is 0. The molecule has 0 unspecified atom stereocenters. The second-order valence-electron chi connectivity index (χ2n) is 5.05. The molecule has 1 N–H and O–H groups in total. The lowest BCUT2D eigenvalue weighted by molar-refractivity contribution is -0.118. The van der Waals surface area contributed by atoms with Crippen molar-refractivity contribution in [2.24, 2.45) is 5.92 Å². The minimum Gasteiger partial charge on any atom is -0.325 e. The van der Waals surface area contributed by atoms with E-state index in [2.05, 4.69) is 16.4 Å². The number of nitriles is 1. The number of amides is 1. The Bertz CT molecular complexity index is 674. The first-order valence-corrected chi connectivity index (χ1v) is 6.77. The van der Waals surface area contributed by atoms with Gasteiger partial charge >= 0.3 is 0 Å². The third-order valence-corrected chi connectivity index (χ3v) is 3.27. The minimum absolute atomic E-state index is 0.284. The molecule has 1 amide bonds. The van der Waals surface area contributed by atoms with Crippen LogP contribution < -0.4 is 5.32 Å². The van der Waals surface area contributed by atoms with Gasteiger partial charge in [0.25, 0.3) is 0 Å². The van der Waals surface area contributed by atoms with Crippen molar-refractivity contribution in [3.63, 3.8) is 0 Å². The third kappa shape index (κ3) is 3.90. The van der Waals surface area contributed by atoms with Gasteiger partial charge in [0.2, 0.25) is 5.91 Å². The van der Waals surface area contributed by atoms with E-state index in [9.17, 15) is 10.1 Å².